The van der Waals surface area contributed by atoms with Crippen LogP contribution in [0.5, 0.6) is 0 Å². The van der Waals surface area contributed by atoms with Gasteiger partial charge in [0.15, 0.2) is 0 Å². The molecule has 0 bridgehead atoms. The van der Waals surface area contributed by atoms with Gasteiger partial charge < -0.3 is 15.7 Å². The van der Waals surface area contributed by atoms with Gasteiger partial charge in [0.1, 0.15) is 5.82 Å². The molecule has 0 saturated carbocycles. The Labute approximate surface area is 203 Å². The topological polar surface area (TPSA) is 78.4 Å². The SMILES string of the molecule is CNCc1ccc(C(=O)NCc2ccc(F)cc2)cc1-c1sc2c(c1C(=O)O)CC(C)(C)CC2. The number of carbonyl (C=O) groups excluding carboxylic acids is 1. The van der Waals surface area contributed by atoms with Gasteiger partial charge in [-0.05, 0) is 78.2 Å². The molecule has 1 amide bonds. The molecule has 1 aliphatic carbocycles. The van der Waals surface area contributed by atoms with Gasteiger partial charge in [0, 0.05) is 28.4 Å². The van der Waals surface area contributed by atoms with Crippen molar-refractivity contribution in [3.8, 4) is 10.4 Å². The molecule has 0 unspecified atom stereocenters. The number of carboxylic acid groups (broad SMARTS) is 1. The molecule has 2 aromatic carbocycles. The van der Waals surface area contributed by atoms with Crippen molar-refractivity contribution in [1.82, 2.24) is 10.6 Å². The minimum atomic E-state index is -0.924. The summed E-state index contributed by atoms with van der Waals surface area (Å²) in [5.74, 6) is -1.51. The van der Waals surface area contributed by atoms with Crippen LogP contribution in [0.25, 0.3) is 10.4 Å². The molecule has 1 aliphatic rings. The first-order chi connectivity index (χ1) is 16.2. The van der Waals surface area contributed by atoms with E-state index in [1.165, 1.54) is 12.1 Å². The molecule has 178 valence electrons. The Kier molecular flexibility index (Phi) is 6.86. The van der Waals surface area contributed by atoms with Gasteiger partial charge in [0.25, 0.3) is 5.91 Å². The first-order valence-corrected chi connectivity index (χ1v) is 12.2. The Morgan fingerprint density at radius 3 is 2.53 bits per heavy atom. The second kappa shape index (κ2) is 9.68. The molecule has 34 heavy (non-hydrogen) atoms. The monoisotopic (exact) mass is 480 g/mol. The molecule has 5 nitrogen and oxygen atoms in total. The van der Waals surface area contributed by atoms with Crippen molar-refractivity contribution in [2.45, 2.75) is 46.2 Å². The third-order valence-electron chi connectivity index (χ3n) is 6.34. The van der Waals surface area contributed by atoms with Gasteiger partial charge in [-0.1, -0.05) is 32.0 Å². The summed E-state index contributed by atoms with van der Waals surface area (Å²) >= 11 is 1.54. The van der Waals surface area contributed by atoms with E-state index in [4.69, 9.17) is 0 Å². The number of hydrogen-bond acceptors (Lipinski definition) is 4. The van der Waals surface area contributed by atoms with E-state index in [2.05, 4.69) is 24.5 Å². The molecule has 0 saturated heterocycles. The smallest absolute Gasteiger partial charge is 0.337 e. The highest BCUT2D eigenvalue weighted by Crippen LogP contribution is 2.46. The van der Waals surface area contributed by atoms with Gasteiger partial charge in [-0.15, -0.1) is 11.3 Å². The van der Waals surface area contributed by atoms with Gasteiger partial charge in [0.2, 0.25) is 0 Å². The van der Waals surface area contributed by atoms with Crippen LogP contribution in [0.15, 0.2) is 42.5 Å². The standard InChI is InChI=1S/C27H29FN2O3S/c1-27(2)11-10-22-21(13-27)23(26(32)33)24(34-22)20-12-17(6-7-18(20)15-29-3)25(31)30-14-16-4-8-19(28)9-5-16/h4-9,12,29H,10-11,13-15H2,1-3H3,(H,30,31)(H,32,33). The number of aromatic carboxylic acids is 1. The van der Waals surface area contributed by atoms with Crippen molar-refractivity contribution in [2.75, 3.05) is 7.05 Å². The van der Waals surface area contributed by atoms with Gasteiger partial charge in [-0.25, -0.2) is 9.18 Å². The number of rotatable bonds is 7. The van der Waals surface area contributed by atoms with Crippen LogP contribution in [0.4, 0.5) is 4.39 Å². The van der Waals surface area contributed by atoms with Crippen molar-refractivity contribution in [3.63, 3.8) is 0 Å². The Bertz CT molecular complexity index is 1230. The van der Waals surface area contributed by atoms with E-state index in [1.54, 1.807) is 35.6 Å². The molecular formula is C27H29FN2O3S. The largest absolute Gasteiger partial charge is 0.478 e. The van der Waals surface area contributed by atoms with E-state index in [-0.39, 0.29) is 23.7 Å². The Hall–Kier alpha value is -3.03. The number of thiophene rings is 1. The lowest BCUT2D eigenvalue weighted by molar-refractivity contribution is 0.0696. The fourth-order valence-electron chi connectivity index (χ4n) is 4.50. The number of benzene rings is 2. The minimum Gasteiger partial charge on any atom is -0.478 e. The van der Waals surface area contributed by atoms with Crippen molar-refractivity contribution in [2.24, 2.45) is 5.41 Å². The summed E-state index contributed by atoms with van der Waals surface area (Å²) in [5, 5.41) is 16.2. The second-order valence-electron chi connectivity index (χ2n) is 9.57. The summed E-state index contributed by atoms with van der Waals surface area (Å²) in [7, 11) is 1.84. The first kappa shape index (κ1) is 24.1. The molecule has 7 heteroatoms. The van der Waals surface area contributed by atoms with E-state index in [1.807, 2.05) is 13.1 Å². The minimum absolute atomic E-state index is 0.0609. The van der Waals surface area contributed by atoms with Gasteiger partial charge >= 0.3 is 5.97 Å². The van der Waals surface area contributed by atoms with Crippen molar-refractivity contribution in [1.29, 1.82) is 0 Å². The molecule has 1 heterocycles. The highest BCUT2D eigenvalue weighted by molar-refractivity contribution is 7.16. The molecule has 0 aliphatic heterocycles. The third kappa shape index (κ3) is 5.05. The number of fused-ring (bicyclic) bond motifs is 1. The van der Waals surface area contributed by atoms with Gasteiger partial charge in [-0.2, -0.15) is 0 Å². The van der Waals surface area contributed by atoms with Crippen LogP contribution in [-0.2, 0) is 25.9 Å². The summed E-state index contributed by atoms with van der Waals surface area (Å²) in [5.41, 5.74) is 4.34. The molecule has 0 radical (unpaired) electrons. The van der Waals surface area contributed by atoms with Crippen LogP contribution in [0, 0.1) is 11.2 Å². The molecular weight excluding hydrogens is 451 g/mol. The van der Waals surface area contributed by atoms with Crippen molar-refractivity contribution < 1.29 is 19.1 Å². The van der Waals surface area contributed by atoms with Crippen LogP contribution >= 0.6 is 11.3 Å². The fourth-order valence-corrected chi connectivity index (χ4v) is 5.86. The zero-order chi connectivity index (χ0) is 24.5. The fraction of sp³-hybridized carbons (Fsp3) is 0.333. The highest BCUT2D eigenvalue weighted by atomic mass is 32.1. The van der Waals surface area contributed by atoms with Crippen LogP contribution < -0.4 is 10.6 Å². The lowest BCUT2D eigenvalue weighted by Gasteiger charge is -2.29. The van der Waals surface area contributed by atoms with Crippen LogP contribution in [0.1, 0.15) is 62.6 Å². The quantitative estimate of drug-likeness (QED) is 0.422. The predicted octanol–water partition coefficient (Wildman–Crippen LogP) is 5.42. The molecule has 4 rings (SSSR count). The number of nitrogens with one attached hydrogen (secondary N) is 2. The molecule has 0 spiro atoms. The number of aryl methyl sites for hydroxylation is 1. The van der Waals surface area contributed by atoms with Gasteiger partial charge in [0.05, 0.1) is 5.56 Å². The maximum atomic E-state index is 13.1. The van der Waals surface area contributed by atoms with Crippen molar-refractivity contribution in [3.05, 3.63) is 81.0 Å². The maximum Gasteiger partial charge on any atom is 0.337 e. The summed E-state index contributed by atoms with van der Waals surface area (Å²) in [6.07, 6.45) is 2.63. The number of hydrogen-bond donors (Lipinski definition) is 3. The Balaban J connectivity index is 1.71. The normalized spacial score (nSPS) is 14.5. The lowest BCUT2D eigenvalue weighted by Crippen LogP contribution is -2.23. The van der Waals surface area contributed by atoms with Crippen LogP contribution in [0.3, 0.4) is 0 Å². The molecule has 1 aromatic heterocycles. The zero-order valence-corrected chi connectivity index (χ0v) is 20.4. The lowest BCUT2D eigenvalue weighted by atomic mass is 9.76. The first-order valence-electron chi connectivity index (χ1n) is 11.4. The Morgan fingerprint density at radius 1 is 1.12 bits per heavy atom. The van der Waals surface area contributed by atoms with Gasteiger partial charge in [-0.3, -0.25) is 4.79 Å². The number of carboxylic acids is 1. The number of carbonyl (C=O) groups is 2. The maximum absolute atomic E-state index is 13.1. The summed E-state index contributed by atoms with van der Waals surface area (Å²) < 4.78 is 13.1. The number of amides is 1. The van der Waals surface area contributed by atoms with E-state index in [0.717, 1.165) is 46.4 Å². The second-order valence-corrected chi connectivity index (χ2v) is 10.7. The van der Waals surface area contributed by atoms with E-state index in [0.29, 0.717) is 22.5 Å². The van der Waals surface area contributed by atoms with E-state index in [9.17, 15) is 19.1 Å². The molecule has 0 atom stereocenters. The zero-order valence-electron chi connectivity index (χ0n) is 19.6. The molecule has 0 fully saturated rings. The third-order valence-corrected chi connectivity index (χ3v) is 7.66. The van der Waals surface area contributed by atoms with E-state index < -0.39 is 5.97 Å². The molecule has 3 aromatic rings. The van der Waals surface area contributed by atoms with Crippen molar-refractivity contribution >= 4 is 23.2 Å². The summed E-state index contributed by atoms with van der Waals surface area (Å²) in [6.45, 7) is 5.18. The van der Waals surface area contributed by atoms with Crippen LogP contribution in [0.2, 0.25) is 0 Å². The molecule has 3 N–H and O–H groups in total. The highest BCUT2D eigenvalue weighted by Gasteiger charge is 2.33. The summed E-state index contributed by atoms with van der Waals surface area (Å²) in [6, 6.07) is 11.4. The summed E-state index contributed by atoms with van der Waals surface area (Å²) in [4.78, 5) is 27.2. The number of halogens is 1. The average Bonchev–Trinajstić information content (AvgIpc) is 3.16. The van der Waals surface area contributed by atoms with Crippen LogP contribution in [-0.4, -0.2) is 24.0 Å². The average molecular weight is 481 g/mol. The predicted molar refractivity (Wildman–Crippen MR) is 133 cm³/mol. The Morgan fingerprint density at radius 2 is 1.85 bits per heavy atom. The van der Waals surface area contributed by atoms with E-state index >= 15 is 0 Å².